The summed E-state index contributed by atoms with van der Waals surface area (Å²) in [5, 5.41) is 6.83. The summed E-state index contributed by atoms with van der Waals surface area (Å²) in [4.78, 5) is 62.4. The van der Waals surface area contributed by atoms with E-state index in [-0.39, 0.29) is 62.0 Å². The number of amides is 2. The van der Waals surface area contributed by atoms with Crippen LogP contribution in [0, 0.1) is 0 Å². The number of hydrazone groups is 1. The molecule has 2 unspecified atom stereocenters. The average Bonchev–Trinajstić information content (AvgIpc) is 3.04. The predicted octanol–water partition coefficient (Wildman–Crippen LogP) is 7.24. The van der Waals surface area contributed by atoms with Crippen LogP contribution in [-0.2, 0) is 38.3 Å². The van der Waals surface area contributed by atoms with Gasteiger partial charge in [-0.2, -0.15) is 10.2 Å². The lowest BCUT2D eigenvalue weighted by Crippen LogP contribution is -2.45. The Bertz CT molecular complexity index is 987. The van der Waals surface area contributed by atoms with Crippen LogP contribution < -0.4 is 0 Å². The molecule has 0 aliphatic carbocycles. The zero-order valence-corrected chi connectivity index (χ0v) is 30.1. The van der Waals surface area contributed by atoms with Crippen molar-refractivity contribution in [1.82, 2.24) is 10.2 Å². The second kappa shape index (κ2) is 26.1. The largest absolute Gasteiger partial charge is 0.465 e. The summed E-state index contributed by atoms with van der Waals surface area (Å²) in [6.07, 6.45) is 16.7. The summed E-state index contributed by atoms with van der Waals surface area (Å²) in [6, 6.07) is 0. The van der Waals surface area contributed by atoms with Crippen LogP contribution in [0.2, 0.25) is 0 Å². The van der Waals surface area contributed by atoms with Gasteiger partial charge in [-0.05, 0) is 32.1 Å². The van der Waals surface area contributed by atoms with Gasteiger partial charge in [0.1, 0.15) is 25.2 Å². The van der Waals surface area contributed by atoms with E-state index in [0.717, 1.165) is 107 Å². The molecule has 2 aliphatic rings. The minimum atomic E-state index is -0.387. The normalized spacial score (nSPS) is 17.7. The Morgan fingerprint density at radius 2 is 1.26 bits per heavy atom. The van der Waals surface area contributed by atoms with Gasteiger partial charge in [0, 0.05) is 32.4 Å². The molecule has 0 saturated carbocycles. The number of unbranched alkanes of at least 4 members (excludes halogenated alkanes) is 7. The molecule has 0 spiro atoms. The van der Waals surface area contributed by atoms with Crippen molar-refractivity contribution < 1.29 is 38.3 Å². The Balaban J connectivity index is 0.000000470. The van der Waals surface area contributed by atoms with E-state index in [2.05, 4.69) is 37.8 Å². The molecule has 0 aromatic rings. The Morgan fingerprint density at radius 1 is 0.702 bits per heavy atom. The van der Waals surface area contributed by atoms with E-state index in [0.29, 0.717) is 12.4 Å². The Labute approximate surface area is 282 Å². The first kappa shape index (κ1) is 42.2. The highest BCUT2D eigenvalue weighted by Gasteiger charge is 2.29. The van der Waals surface area contributed by atoms with Gasteiger partial charge in [-0.1, -0.05) is 85.5 Å². The van der Waals surface area contributed by atoms with Crippen molar-refractivity contribution in [1.29, 1.82) is 0 Å². The number of hydrogen-bond donors (Lipinski definition) is 0. The van der Waals surface area contributed by atoms with E-state index in [4.69, 9.17) is 19.1 Å². The topological polar surface area (TPSA) is 136 Å². The molecule has 2 aliphatic heterocycles. The van der Waals surface area contributed by atoms with Crippen LogP contribution in [0.25, 0.3) is 0 Å². The lowest BCUT2D eigenvalue weighted by molar-refractivity contribution is -0.213. The Hall–Kier alpha value is -2.86. The fourth-order valence-electron chi connectivity index (χ4n) is 5.02. The molecule has 0 bridgehead atoms. The second-order valence-corrected chi connectivity index (χ2v) is 12.2. The van der Waals surface area contributed by atoms with Gasteiger partial charge < -0.3 is 9.47 Å². The van der Waals surface area contributed by atoms with Crippen LogP contribution in [0.1, 0.15) is 157 Å². The Morgan fingerprint density at radius 3 is 1.85 bits per heavy atom. The summed E-state index contributed by atoms with van der Waals surface area (Å²) in [5.74, 6) is -0.506. The smallest absolute Gasteiger partial charge is 0.302 e. The molecule has 0 radical (unpaired) electrons. The highest BCUT2D eigenvalue weighted by atomic mass is 16.7. The molecule has 2 rings (SSSR count). The number of esters is 2. The number of aliphatic imine (C=N–C) groups is 1. The summed E-state index contributed by atoms with van der Waals surface area (Å²) in [5.41, 5.74) is 1.03. The van der Waals surface area contributed by atoms with E-state index in [1.807, 2.05) is 0 Å². The maximum absolute atomic E-state index is 12.4. The third-order valence-corrected chi connectivity index (χ3v) is 7.68. The Kier molecular flexibility index (Phi) is 23.4. The molecule has 12 heteroatoms. The fourth-order valence-corrected chi connectivity index (χ4v) is 5.02. The molecule has 270 valence electrons. The van der Waals surface area contributed by atoms with Crippen molar-refractivity contribution >= 4 is 35.3 Å². The molecule has 0 aromatic carbocycles. The lowest BCUT2D eigenvalue weighted by Gasteiger charge is -2.32. The molecular weight excluding hydrogens is 604 g/mol. The quantitative estimate of drug-likeness (QED) is 0.0924. The molecule has 47 heavy (non-hydrogen) atoms. The number of nitrogens with zero attached hydrogens (tertiary/aromatic N) is 4. The summed E-state index contributed by atoms with van der Waals surface area (Å²) < 4.78 is 9.67. The van der Waals surface area contributed by atoms with Crippen molar-refractivity contribution in [2.75, 3.05) is 19.8 Å². The fraction of sp³-hybridized carbons (Fsp3) is 0.829. The van der Waals surface area contributed by atoms with Crippen molar-refractivity contribution in [2.24, 2.45) is 10.1 Å². The van der Waals surface area contributed by atoms with Crippen molar-refractivity contribution in [3.05, 3.63) is 0 Å². The third kappa shape index (κ3) is 19.5. The van der Waals surface area contributed by atoms with E-state index in [1.54, 1.807) is 0 Å². The lowest BCUT2D eigenvalue weighted by atomic mass is 10.0. The SMILES string of the molecule is CCCCCC1=NCC(CCCCC)ON1C(=O)CCOC(C)=O.CCCCCC1=NN(C(=O)CCOC(C)=O)OC(CCCC)C1. The van der Waals surface area contributed by atoms with Crippen LogP contribution in [0.4, 0.5) is 0 Å². The van der Waals surface area contributed by atoms with Gasteiger partial charge in [0.05, 0.1) is 25.5 Å². The van der Waals surface area contributed by atoms with E-state index in [9.17, 15) is 19.2 Å². The number of carbonyl (C=O) groups excluding carboxylic acids is 4. The zero-order chi connectivity index (χ0) is 34.9. The summed E-state index contributed by atoms with van der Waals surface area (Å²) in [6.45, 7) is 12.0. The van der Waals surface area contributed by atoms with E-state index < -0.39 is 0 Å². The van der Waals surface area contributed by atoms with Crippen LogP contribution in [-0.4, -0.2) is 77.5 Å². The minimum absolute atomic E-state index is 0.0155. The summed E-state index contributed by atoms with van der Waals surface area (Å²) >= 11 is 0. The first-order valence-corrected chi connectivity index (χ1v) is 18.0. The van der Waals surface area contributed by atoms with Crippen molar-refractivity contribution in [3.63, 3.8) is 0 Å². The first-order chi connectivity index (χ1) is 22.6. The van der Waals surface area contributed by atoms with Gasteiger partial charge in [0.15, 0.2) is 0 Å². The van der Waals surface area contributed by atoms with Gasteiger partial charge in [0.2, 0.25) is 0 Å². The van der Waals surface area contributed by atoms with Gasteiger partial charge >= 0.3 is 11.9 Å². The molecule has 2 heterocycles. The first-order valence-electron chi connectivity index (χ1n) is 18.0. The molecule has 0 fully saturated rings. The van der Waals surface area contributed by atoms with Gasteiger partial charge in [-0.25, -0.2) is 4.84 Å². The molecular formula is C35H62N4O8. The number of ether oxygens (including phenoxy) is 2. The average molecular weight is 667 g/mol. The monoisotopic (exact) mass is 666 g/mol. The van der Waals surface area contributed by atoms with Crippen molar-refractivity contribution in [3.8, 4) is 0 Å². The number of hydrogen-bond acceptors (Lipinski definition) is 10. The third-order valence-electron chi connectivity index (χ3n) is 7.68. The zero-order valence-electron chi connectivity index (χ0n) is 30.1. The van der Waals surface area contributed by atoms with E-state index in [1.165, 1.54) is 25.3 Å². The summed E-state index contributed by atoms with van der Waals surface area (Å²) in [7, 11) is 0. The van der Waals surface area contributed by atoms with Crippen LogP contribution in [0.3, 0.4) is 0 Å². The second-order valence-electron chi connectivity index (χ2n) is 12.2. The maximum Gasteiger partial charge on any atom is 0.302 e. The molecule has 0 aromatic heterocycles. The number of amidine groups is 1. The maximum atomic E-state index is 12.4. The minimum Gasteiger partial charge on any atom is -0.465 e. The molecule has 0 saturated heterocycles. The molecule has 2 atom stereocenters. The van der Waals surface area contributed by atoms with Crippen LogP contribution in [0.15, 0.2) is 10.1 Å². The molecule has 0 N–H and O–H groups in total. The van der Waals surface area contributed by atoms with Crippen LogP contribution in [0.5, 0.6) is 0 Å². The van der Waals surface area contributed by atoms with Gasteiger partial charge in [-0.3, -0.25) is 29.0 Å². The number of hydroxylamine groups is 3. The molecule has 2 amide bonds. The van der Waals surface area contributed by atoms with Crippen molar-refractivity contribution in [2.45, 2.75) is 169 Å². The number of rotatable bonds is 21. The predicted molar refractivity (Wildman–Crippen MR) is 182 cm³/mol. The molecule has 12 nitrogen and oxygen atoms in total. The van der Waals surface area contributed by atoms with Gasteiger partial charge in [0.25, 0.3) is 11.8 Å². The number of carbonyl (C=O) groups is 4. The highest BCUT2D eigenvalue weighted by molar-refractivity contribution is 5.97. The van der Waals surface area contributed by atoms with Gasteiger partial charge in [-0.15, -0.1) is 5.17 Å². The van der Waals surface area contributed by atoms with Crippen LogP contribution >= 0.6 is 0 Å². The highest BCUT2D eigenvalue weighted by Crippen LogP contribution is 2.21. The van der Waals surface area contributed by atoms with E-state index >= 15 is 0 Å². The standard InChI is InChI=1S/C18H32N2O4.C17H30N2O4/c1-4-6-8-10-16-14-19-17(11-9-7-5-2)20(24-16)18(22)12-13-23-15(3)21;1-4-6-8-9-15-13-16(10-7-5-2)23-19(18-15)17(21)11-12-22-14(3)20/h16H,4-14H2,1-3H3;16H,4-13H2,1-3H3.